The van der Waals surface area contributed by atoms with Gasteiger partial charge in [0.25, 0.3) is 0 Å². The van der Waals surface area contributed by atoms with E-state index in [9.17, 15) is 4.79 Å². The van der Waals surface area contributed by atoms with E-state index in [4.69, 9.17) is 9.47 Å². The summed E-state index contributed by atoms with van der Waals surface area (Å²) in [7, 11) is 0. The second-order valence-corrected chi connectivity index (χ2v) is 6.67. The van der Waals surface area contributed by atoms with Crippen LogP contribution in [-0.2, 0) is 17.9 Å². The molecule has 0 radical (unpaired) electrons. The van der Waals surface area contributed by atoms with Crippen molar-refractivity contribution in [1.29, 1.82) is 0 Å². The van der Waals surface area contributed by atoms with Crippen LogP contribution in [0.4, 0.5) is 0 Å². The van der Waals surface area contributed by atoms with Crippen LogP contribution in [0.2, 0.25) is 0 Å². The molecule has 0 saturated heterocycles. The number of nitrogens with zero attached hydrogens (tertiary/aromatic N) is 2. The minimum atomic E-state index is -0.0134. The maximum Gasteiger partial charge on any atom is 0.222 e. The fourth-order valence-corrected chi connectivity index (χ4v) is 2.88. The Balaban J connectivity index is 1.90. The highest BCUT2D eigenvalue weighted by atomic mass is 79.9. The average Bonchev–Trinajstić information content (AvgIpc) is 2.87. The van der Waals surface area contributed by atoms with Crippen LogP contribution in [0.5, 0.6) is 11.5 Å². The quantitative estimate of drug-likeness (QED) is 0.666. The lowest BCUT2D eigenvalue weighted by Crippen LogP contribution is -2.24. The van der Waals surface area contributed by atoms with Crippen molar-refractivity contribution in [1.82, 2.24) is 15.1 Å². The Kier molecular flexibility index (Phi) is 7.50. The Labute approximate surface area is 163 Å². The summed E-state index contributed by atoms with van der Waals surface area (Å²) in [5.74, 6) is 1.41. The van der Waals surface area contributed by atoms with Gasteiger partial charge in [-0.15, -0.1) is 0 Å². The number of amides is 1. The highest BCUT2D eigenvalue weighted by molar-refractivity contribution is 9.10. The van der Waals surface area contributed by atoms with Gasteiger partial charge in [0.15, 0.2) is 11.5 Å². The van der Waals surface area contributed by atoms with Crippen LogP contribution < -0.4 is 14.8 Å². The maximum atomic E-state index is 12.2. The van der Waals surface area contributed by atoms with Crippen molar-refractivity contribution in [3.05, 3.63) is 39.6 Å². The van der Waals surface area contributed by atoms with Crippen molar-refractivity contribution in [2.75, 3.05) is 13.2 Å². The molecule has 0 aliphatic heterocycles. The molecule has 0 aliphatic carbocycles. The van der Waals surface area contributed by atoms with Crippen molar-refractivity contribution in [3.8, 4) is 11.5 Å². The molecule has 2 aromatic rings. The predicted molar refractivity (Wildman–Crippen MR) is 105 cm³/mol. The standard InChI is InChI=1S/C19H26BrN3O3/c1-5-25-16-8-7-15(11-17(16)26-6-2)12-21-18(24)9-10-23-14(4)19(20)13(3)22-23/h7-8,11H,5-6,9-10,12H2,1-4H3,(H,21,24). The number of halogens is 1. The summed E-state index contributed by atoms with van der Waals surface area (Å²) in [5.41, 5.74) is 2.93. The van der Waals surface area contributed by atoms with Crippen LogP contribution >= 0.6 is 15.9 Å². The summed E-state index contributed by atoms with van der Waals surface area (Å²) in [6.45, 7) is 9.94. The zero-order chi connectivity index (χ0) is 19.1. The van der Waals surface area contributed by atoms with Gasteiger partial charge in [-0.25, -0.2) is 0 Å². The fraction of sp³-hybridized carbons (Fsp3) is 0.474. The molecule has 1 aromatic carbocycles. The second kappa shape index (κ2) is 9.62. The van der Waals surface area contributed by atoms with E-state index < -0.39 is 0 Å². The molecule has 1 heterocycles. The van der Waals surface area contributed by atoms with Gasteiger partial charge < -0.3 is 14.8 Å². The van der Waals surface area contributed by atoms with Gasteiger partial charge >= 0.3 is 0 Å². The number of hydrogen-bond donors (Lipinski definition) is 1. The zero-order valence-electron chi connectivity index (χ0n) is 15.8. The number of ether oxygens (including phenoxy) is 2. The molecule has 1 aromatic heterocycles. The van der Waals surface area contributed by atoms with E-state index in [1.54, 1.807) is 0 Å². The Hall–Kier alpha value is -2.02. The largest absolute Gasteiger partial charge is 0.490 e. The van der Waals surface area contributed by atoms with Crippen molar-refractivity contribution >= 4 is 21.8 Å². The number of aryl methyl sites for hydroxylation is 2. The lowest BCUT2D eigenvalue weighted by atomic mass is 10.2. The number of hydrogen-bond acceptors (Lipinski definition) is 4. The molecule has 1 N–H and O–H groups in total. The van der Waals surface area contributed by atoms with E-state index in [-0.39, 0.29) is 5.91 Å². The summed E-state index contributed by atoms with van der Waals surface area (Å²) < 4.78 is 14.0. The number of benzene rings is 1. The molecule has 1 amide bonds. The summed E-state index contributed by atoms with van der Waals surface area (Å²) in [5, 5.41) is 7.36. The van der Waals surface area contributed by atoms with Crippen LogP contribution in [0, 0.1) is 13.8 Å². The number of rotatable bonds is 9. The minimum Gasteiger partial charge on any atom is -0.490 e. The third-order valence-corrected chi connectivity index (χ3v) is 5.09. The van der Waals surface area contributed by atoms with E-state index in [0.717, 1.165) is 27.2 Å². The third-order valence-electron chi connectivity index (χ3n) is 3.94. The van der Waals surface area contributed by atoms with Gasteiger partial charge in [-0.1, -0.05) is 6.07 Å². The van der Waals surface area contributed by atoms with E-state index >= 15 is 0 Å². The monoisotopic (exact) mass is 423 g/mol. The minimum absolute atomic E-state index is 0.0134. The van der Waals surface area contributed by atoms with Crippen molar-refractivity contribution < 1.29 is 14.3 Å². The molecular formula is C19H26BrN3O3. The Morgan fingerprint density at radius 2 is 1.88 bits per heavy atom. The molecule has 0 unspecified atom stereocenters. The van der Waals surface area contributed by atoms with E-state index in [1.165, 1.54) is 0 Å². The predicted octanol–water partition coefficient (Wildman–Crippen LogP) is 3.77. The summed E-state index contributed by atoms with van der Waals surface area (Å²) >= 11 is 3.50. The molecule has 7 heteroatoms. The van der Waals surface area contributed by atoms with Gasteiger partial charge in [-0.2, -0.15) is 5.10 Å². The molecule has 2 rings (SSSR count). The average molecular weight is 424 g/mol. The van der Waals surface area contributed by atoms with Crippen LogP contribution in [0.3, 0.4) is 0 Å². The van der Waals surface area contributed by atoms with E-state index in [2.05, 4.69) is 26.3 Å². The summed E-state index contributed by atoms with van der Waals surface area (Å²) in [4.78, 5) is 12.2. The van der Waals surface area contributed by atoms with Gasteiger partial charge in [-0.05, 0) is 61.3 Å². The molecule has 0 atom stereocenters. The van der Waals surface area contributed by atoms with E-state index in [1.807, 2.05) is 50.6 Å². The summed E-state index contributed by atoms with van der Waals surface area (Å²) in [6.07, 6.45) is 0.379. The van der Waals surface area contributed by atoms with Crippen LogP contribution in [0.1, 0.15) is 37.2 Å². The molecule has 0 saturated carbocycles. The Bertz CT molecular complexity index is 759. The lowest BCUT2D eigenvalue weighted by Gasteiger charge is -2.13. The van der Waals surface area contributed by atoms with Crippen LogP contribution in [0.15, 0.2) is 22.7 Å². The molecular weight excluding hydrogens is 398 g/mol. The molecule has 0 fully saturated rings. The Morgan fingerprint density at radius 3 is 2.50 bits per heavy atom. The molecule has 0 aliphatic rings. The van der Waals surface area contributed by atoms with E-state index in [0.29, 0.717) is 38.5 Å². The van der Waals surface area contributed by atoms with Crippen molar-refractivity contribution in [2.24, 2.45) is 0 Å². The number of carbonyl (C=O) groups excluding carboxylic acids is 1. The van der Waals surface area contributed by atoms with Crippen LogP contribution in [-0.4, -0.2) is 28.9 Å². The molecule has 0 spiro atoms. The second-order valence-electron chi connectivity index (χ2n) is 5.88. The van der Waals surface area contributed by atoms with Gasteiger partial charge in [0.05, 0.1) is 29.9 Å². The SMILES string of the molecule is CCOc1ccc(CNC(=O)CCn2nc(C)c(Br)c2C)cc1OCC. The van der Waals surface area contributed by atoms with Crippen molar-refractivity contribution in [3.63, 3.8) is 0 Å². The number of carbonyl (C=O) groups is 1. The van der Waals surface area contributed by atoms with Gasteiger partial charge in [0.2, 0.25) is 5.91 Å². The highest BCUT2D eigenvalue weighted by Crippen LogP contribution is 2.28. The molecule has 26 heavy (non-hydrogen) atoms. The first-order valence-corrected chi connectivity index (χ1v) is 9.60. The smallest absolute Gasteiger partial charge is 0.222 e. The number of aromatic nitrogens is 2. The highest BCUT2D eigenvalue weighted by Gasteiger charge is 2.11. The molecule has 142 valence electrons. The van der Waals surface area contributed by atoms with Crippen molar-refractivity contribution in [2.45, 2.75) is 47.2 Å². The summed E-state index contributed by atoms with van der Waals surface area (Å²) in [6, 6.07) is 5.72. The fourth-order valence-electron chi connectivity index (χ4n) is 2.59. The first-order chi connectivity index (χ1) is 12.5. The number of nitrogens with one attached hydrogen (secondary N) is 1. The zero-order valence-corrected chi connectivity index (χ0v) is 17.4. The Morgan fingerprint density at radius 1 is 1.19 bits per heavy atom. The normalized spacial score (nSPS) is 10.7. The third kappa shape index (κ3) is 5.24. The lowest BCUT2D eigenvalue weighted by molar-refractivity contribution is -0.121. The maximum absolute atomic E-state index is 12.2. The topological polar surface area (TPSA) is 65.4 Å². The first kappa shape index (κ1) is 20.3. The molecule has 0 bridgehead atoms. The van der Waals surface area contributed by atoms with Gasteiger partial charge in [0.1, 0.15) is 0 Å². The molecule has 6 nitrogen and oxygen atoms in total. The first-order valence-electron chi connectivity index (χ1n) is 8.81. The van der Waals surface area contributed by atoms with Crippen LogP contribution in [0.25, 0.3) is 0 Å². The van der Waals surface area contributed by atoms with Gasteiger partial charge in [-0.3, -0.25) is 9.48 Å². The van der Waals surface area contributed by atoms with Gasteiger partial charge in [0, 0.05) is 18.7 Å².